The van der Waals surface area contributed by atoms with Gasteiger partial charge in [-0.2, -0.15) is 0 Å². The van der Waals surface area contributed by atoms with Gasteiger partial charge in [0.15, 0.2) is 0 Å². The second-order valence-electron chi connectivity index (χ2n) is 6.41. The number of rotatable bonds is 4. The second-order valence-corrected chi connectivity index (χ2v) is 6.41. The average molecular weight is 305 g/mol. The molecule has 1 aliphatic heterocycles. The lowest BCUT2D eigenvalue weighted by Crippen LogP contribution is -2.53. The zero-order chi connectivity index (χ0) is 15.5. The fourth-order valence-electron chi connectivity index (χ4n) is 3.11. The Morgan fingerprint density at radius 2 is 2.00 bits per heavy atom. The molecule has 1 aliphatic carbocycles. The number of amides is 1. The van der Waals surface area contributed by atoms with Gasteiger partial charge in [-0.1, -0.05) is 12.5 Å². The number of carbonyl (C=O) groups is 1. The second kappa shape index (κ2) is 6.75. The lowest BCUT2D eigenvalue weighted by molar-refractivity contribution is -0.117. The summed E-state index contributed by atoms with van der Waals surface area (Å²) in [5.41, 5.74) is 1.12. The van der Waals surface area contributed by atoms with E-state index in [-0.39, 0.29) is 11.7 Å². The van der Waals surface area contributed by atoms with Crippen LogP contribution >= 0.6 is 0 Å². The maximum Gasteiger partial charge on any atom is 0.238 e. The summed E-state index contributed by atoms with van der Waals surface area (Å²) in [6.45, 7) is 6.07. The van der Waals surface area contributed by atoms with Crippen molar-refractivity contribution in [2.24, 2.45) is 0 Å². The Bertz CT molecular complexity index is 537. The topological polar surface area (TPSA) is 35.6 Å². The van der Waals surface area contributed by atoms with Crippen molar-refractivity contribution in [3.05, 3.63) is 29.6 Å². The van der Waals surface area contributed by atoms with Crippen LogP contribution < -0.4 is 5.32 Å². The summed E-state index contributed by atoms with van der Waals surface area (Å²) in [6.07, 6.45) is 4.03. The van der Waals surface area contributed by atoms with E-state index in [4.69, 9.17) is 0 Å². The maximum absolute atomic E-state index is 13.5. The highest BCUT2D eigenvalue weighted by atomic mass is 19.1. The van der Waals surface area contributed by atoms with Gasteiger partial charge in [-0.15, -0.1) is 0 Å². The van der Waals surface area contributed by atoms with E-state index in [9.17, 15) is 9.18 Å². The number of piperazine rings is 1. The first-order valence-corrected chi connectivity index (χ1v) is 8.14. The summed E-state index contributed by atoms with van der Waals surface area (Å²) in [5, 5.41) is 2.78. The van der Waals surface area contributed by atoms with Crippen molar-refractivity contribution in [1.82, 2.24) is 9.80 Å². The minimum Gasteiger partial charge on any atom is -0.325 e. The molecular formula is C17H24FN3O. The first kappa shape index (κ1) is 15.4. The fraction of sp³-hybridized carbons (Fsp3) is 0.588. The standard InChI is InChI=1S/C17H24FN3O/c1-13-5-6-14(11-16(13)18)19-17(22)12-20-7-9-21(10-8-20)15-3-2-4-15/h5-6,11,15H,2-4,7-10,12H2,1H3,(H,19,22). The Kier molecular flexibility index (Phi) is 4.74. The van der Waals surface area contributed by atoms with E-state index >= 15 is 0 Å². The number of anilines is 1. The van der Waals surface area contributed by atoms with Crippen LogP contribution in [0.2, 0.25) is 0 Å². The van der Waals surface area contributed by atoms with E-state index in [2.05, 4.69) is 15.1 Å². The van der Waals surface area contributed by atoms with Crippen LogP contribution in [-0.2, 0) is 4.79 Å². The van der Waals surface area contributed by atoms with Gasteiger partial charge < -0.3 is 5.32 Å². The number of hydrogen-bond acceptors (Lipinski definition) is 3. The lowest BCUT2D eigenvalue weighted by Gasteiger charge is -2.42. The molecule has 0 atom stereocenters. The Balaban J connectivity index is 1.45. The van der Waals surface area contributed by atoms with Crippen LogP contribution in [0.3, 0.4) is 0 Å². The molecule has 1 amide bonds. The van der Waals surface area contributed by atoms with Gasteiger partial charge in [-0.25, -0.2) is 4.39 Å². The third-order valence-electron chi connectivity index (χ3n) is 4.82. The van der Waals surface area contributed by atoms with Crippen LogP contribution in [0, 0.1) is 12.7 Å². The molecule has 1 N–H and O–H groups in total. The van der Waals surface area contributed by atoms with Crippen LogP contribution in [0.1, 0.15) is 24.8 Å². The van der Waals surface area contributed by atoms with E-state index in [0.717, 1.165) is 32.2 Å². The highest BCUT2D eigenvalue weighted by Gasteiger charge is 2.28. The summed E-state index contributed by atoms with van der Waals surface area (Å²) < 4.78 is 13.5. The normalized spacial score (nSPS) is 20.6. The summed E-state index contributed by atoms with van der Waals surface area (Å²) in [4.78, 5) is 16.8. The van der Waals surface area contributed by atoms with E-state index in [0.29, 0.717) is 17.8 Å². The van der Waals surface area contributed by atoms with Gasteiger partial charge in [-0.3, -0.25) is 14.6 Å². The average Bonchev–Trinajstić information content (AvgIpc) is 2.43. The molecule has 1 heterocycles. The van der Waals surface area contributed by atoms with Gasteiger partial charge >= 0.3 is 0 Å². The van der Waals surface area contributed by atoms with Gasteiger partial charge in [0.2, 0.25) is 5.91 Å². The molecule has 0 radical (unpaired) electrons. The maximum atomic E-state index is 13.5. The monoisotopic (exact) mass is 305 g/mol. The third-order valence-corrected chi connectivity index (χ3v) is 4.82. The van der Waals surface area contributed by atoms with Crippen molar-refractivity contribution in [2.75, 3.05) is 38.0 Å². The summed E-state index contributed by atoms with van der Waals surface area (Å²) >= 11 is 0. The summed E-state index contributed by atoms with van der Waals surface area (Å²) in [6, 6.07) is 5.58. The Morgan fingerprint density at radius 3 is 2.59 bits per heavy atom. The van der Waals surface area contributed by atoms with Gasteiger partial charge in [-0.05, 0) is 37.5 Å². The van der Waals surface area contributed by atoms with Crippen LogP contribution in [0.4, 0.5) is 10.1 Å². The van der Waals surface area contributed by atoms with Gasteiger partial charge in [0.05, 0.1) is 6.54 Å². The highest BCUT2D eigenvalue weighted by Crippen LogP contribution is 2.25. The van der Waals surface area contributed by atoms with Crippen molar-refractivity contribution in [2.45, 2.75) is 32.2 Å². The first-order valence-electron chi connectivity index (χ1n) is 8.14. The Labute approximate surface area is 131 Å². The van der Waals surface area contributed by atoms with E-state index < -0.39 is 0 Å². The number of nitrogens with zero attached hydrogens (tertiary/aromatic N) is 2. The van der Waals surface area contributed by atoms with E-state index in [1.807, 2.05) is 0 Å². The molecule has 1 saturated heterocycles. The molecule has 2 fully saturated rings. The molecule has 0 bridgehead atoms. The third kappa shape index (κ3) is 3.65. The van der Waals surface area contributed by atoms with Crippen molar-refractivity contribution in [3.8, 4) is 0 Å². The smallest absolute Gasteiger partial charge is 0.238 e. The molecule has 4 nitrogen and oxygen atoms in total. The van der Waals surface area contributed by atoms with Crippen LogP contribution in [-0.4, -0.2) is 54.5 Å². The summed E-state index contributed by atoms with van der Waals surface area (Å²) in [5.74, 6) is -0.354. The largest absolute Gasteiger partial charge is 0.325 e. The SMILES string of the molecule is Cc1ccc(NC(=O)CN2CCN(C3CCC3)CC2)cc1F. The molecule has 0 aromatic heterocycles. The van der Waals surface area contributed by atoms with Crippen molar-refractivity contribution in [3.63, 3.8) is 0 Å². The predicted octanol–water partition coefficient (Wildman–Crippen LogP) is 2.24. The predicted molar refractivity (Wildman–Crippen MR) is 85.4 cm³/mol. The Hall–Kier alpha value is -1.46. The molecule has 3 rings (SSSR count). The molecule has 5 heteroatoms. The van der Waals surface area contributed by atoms with E-state index in [1.165, 1.54) is 25.3 Å². The van der Waals surface area contributed by atoms with Gasteiger partial charge in [0, 0.05) is 37.9 Å². The zero-order valence-corrected chi connectivity index (χ0v) is 13.1. The van der Waals surface area contributed by atoms with Crippen molar-refractivity contribution >= 4 is 11.6 Å². The molecule has 22 heavy (non-hydrogen) atoms. The molecule has 1 saturated carbocycles. The Morgan fingerprint density at radius 1 is 1.27 bits per heavy atom. The molecule has 0 unspecified atom stereocenters. The number of carbonyl (C=O) groups excluding carboxylic acids is 1. The van der Waals surface area contributed by atoms with Crippen LogP contribution in [0.5, 0.6) is 0 Å². The van der Waals surface area contributed by atoms with Gasteiger partial charge in [0.1, 0.15) is 5.82 Å². The summed E-state index contributed by atoms with van der Waals surface area (Å²) in [7, 11) is 0. The number of nitrogens with one attached hydrogen (secondary N) is 1. The number of aryl methyl sites for hydroxylation is 1. The van der Waals surface area contributed by atoms with E-state index in [1.54, 1.807) is 19.1 Å². The quantitative estimate of drug-likeness (QED) is 0.927. The lowest BCUT2D eigenvalue weighted by atomic mass is 9.91. The van der Waals surface area contributed by atoms with Gasteiger partial charge in [0.25, 0.3) is 0 Å². The molecule has 2 aliphatic rings. The molecule has 120 valence electrons. The molecule has 1 aromatic rings. The molecule has 1 aromatic carbocycles. The number of benzene rings is 1. The van der Waals surface area contributed by atoms with Crippen molar-refractivity contribution in [1.29, 1.82) is 0 Å². The van der Waals surface area contributed by atoms with Crippen LogP contribution in [0.15, 0.2) is 18.2 Å². The first-order chi connectivity index (χ1) is 10.6. The number of hydrogen-bond donors (Lipinski definition) is 1. The minimum absolute atomic E-state index is 0.0691. The highest BCUT2D eigenvalue weighted by molar-refractivity contribution is 5.92. The zero-order valence-electron chi connectivity index (χ0n) is 13.1. The van der Waals surface area contributed by atoms with Crippen molar-refractivity contribution < 1.29 is 9.18 Å². The number of halogens is 1. The van der Waals surface area contributed by atoms with Crippen LogP contribution in [0.25, 0.3) is 0 Å². The minimum atomic E-state index is -0.285. The fourth-order valence-corrected chi connectivity index (χ4v) is 3.11. The molecular weight excluding hydrogens is 281 g/mol. The molecule has 0 spiro atoms.